The summed E-state index contributed by atoms with van der Waals surface area (Å²) in [5.41, 5.74) is 13.6. The molecule has 21 heavy (non-hydrogen) atoms. The Morgan fingerprint density at radius 1 is 0.762 bits per heavy atom. The van der Waals surface area contributed by atoms with Gasteiger partial charge in [-0.1, -0.05) is 0 Å². The van der Waals surface area contributed by atoms with Crippen LogP contribution in [0.25, 0.3) is 0 Å². The van der Waals surface area contributed by atoms with E-state index in [4.69, 9.17) is 21.7 Å². The lowest BCUT2D eigenvalue weighted by molar-refractivity contribution is 0.0686. The number of carbonyl (C=O) groups is 2. The first-order valence-electron chi connectivity index (χ1n) is 6.10. The van der Waals surface area contributed by atoms with Crippen molar-refractivity contribution in [2.45, 2.75) is 6.42 Å². The number of aromatic carboxylic acids is 2. The Kier molecular flexibility index (Phi) is 3.80. The summed E-state index contributed by atoms with van der Waals surface area (Å²) in [6, 6.07) is 9.04. The second kappa shape index (κ2) is 5.54. The highest BCUT2D eigenvalue weighted by Crippen LogP contribution is 2.19. The molecule has 0 unspecified atom stereocenters. The molecule has 6 heteroatoms. The molecule has 0 fully saturated rings. The summed E-state index contributed by atoms with van der Waals surface area (Å²) < 4.78 is 0. The van der Waals surface area contributed by atoms with E-state index in [-0.39, 0.29) is 11.1 Å². The Morgan fingerprint density at radius 3 is 1.48 bits per heavy atom. The normalized spacial score (nSPS) is 10.3. The molecular formula is C15H14N2O4. The molecule has 0 aliphatic rings. The van der Waals surface area contributed by atoms with Crippen LogP contribution in [0.3, 0.4) is 0 Å². The first kappa shape index (κ1) is 14.4. The zero-order chi connectivity index (χ0) is 15.6. The summed E-state index contributed by atoms with van der Waals surface area (Å²) in [4.78, 5) is 22.0. The van der Waals surface area contributed by atoms with Crippen LogP contribution in [0.2, 0.25) is 0 Å². The molecule has 2 aromatic rings. The third-order valence-electron chi connectivity index (χ3n) is 2.93. The fraction of sp³-hybridized carbons (Fsp3) is 0.0667. The van der Waals surface area contributed by atoms with Crippen LogP contribution in [0, 0.1) is 0 Å². The van der Waals surface area contributed by atoms with Gasteiger partial charge in [0.2, 0.25) is 0 Å². The molecule has 0 aliphatic carbocycles. The van der Waals surface area contributed by atoms with Crippen molar-refractivity contribution < 1.29 is 19.8 Å². The number of nitrogen functional groups attached to an aromatic ring is 2. The lowest BCUT2D eigenvalue weighted by atomic mass is 10.00. The van der Waals surface area contributed by atoms with E-state index >= 15 is 0 Å². The number of carboxylic acids is 2. The van der Waals surface area contributed by atoms with Crippen molar-refractivity contribution >= 4 is 23.3 Å². The third-order valence-corrected chi connectivity index (χ3v) is 2.93. The monoisotopic (exact) mass is 286 g/mol. The molecule has 0 atom stereocenters. The van der Waals surface area contributed by atoms with Crippen molar-refractivity contribution in [1.82, 2.24) is 0 Å². The first-order chi connectivity index (χ1) is 9.85. The van der Waals surface area contributed by atoms with Gasteiger partial charge in [-0.25, -0.2) is 9.59 Å². The topological polar surface area (TPSA) is 127 Å². The molecule has 108 valence electrons. The van der Waals surface area contributed by atoms with Gasteiger partial charge in [0, 0.05) is 11.4 Å². The average molecular weight is 286 g/mol. The fourth-order valence-electron chi connectivity index (χ4n) is 2.12. The fourth-order valence-corrected chi connectivity index (χ4v) is 2.12. The highest BCUT2D eigenvalue weighted by Gasteiger charge is 2.09. The summed E-state index contributed by atoms with van der Waals surface area (Å²) in [7, 11) is 0. The minimum Gasteiger partial charge on any atom is -0.478 e. The average Bonchev–Trinajstić information content (AvgIpc) is 2.37. The van der Waals surface area contributed by atoms with Gasteiger partial charge >= 0.3 is 11.9 Å². The molecule has 0 aliphatic heterocycles. The molecule has 6 nitrogen and oxygen atoms in total. The van der Waals surface area contributed by atoms with E-state index < -0.39 is 11.9 Å². The molecule has 0 heterocycles. The Morgan fingerprint density at radius 2 is 1.14 bits per heavy atom. The van der Waals surface area contributed by atoms with Crippen LogP contribution >= 0.6 is 0 Å². The van der Waals surface area contributed by atoms with Gasteiger partial charge in [0.05, 0.1) is 11.1 Å². The summed E-state index contributed by atoms with van der Waals surface area (Å²) in [6.07, 6.45) is 0.344. The SMILES string of the molecule is Nc1cc(Cc2cc(N)cc(C(=O)O)c2)cc(C(=O)O)c1. The molecule has 0 amide bonds. The predicted molar refractivity (Wildman–Crippen MR) is 78.4 cm³/mol. The summed E-state index contributed by atoms with van der Waals surface area (Å²) in [5.74, 6) is -2.13. The summed E-state index contributed by atoms with van der Waals surface area (Å²) in [6.45, 7) is 0. The molecule has 0 saturated heterocycles. The highest BCUT2D eigenvalue weighted by atomic mass is 16.4. The van der Waals surface area contributed by atoms with Crippen molar-refractivity contribution in [3.63, 3.8) is 0 Å². The Hall–Kier alpha value is -3.02. The van der Waals surface area contributed by atoms with E-state index in [9.17, 15) is 9.59 Å². The van der Waals surface area contributed by atoms with E-state index in [0.29, 0.717) is 28.9 Å². The Labute approximate surface area is 120 Å². The quantitative estimate of drug-likeness (QED) is 0.635. The molecule has 2 aromatic carbocycles. The van der Waals surface area contributed by atoms with Gasteiger partial charge in [0.1, 0.15) is 0 Å². The van der Waals surface area contributed by atoms with E-state index in [1.54, 1.807) is 12.1 Å². The molecule has 0 aromatic heterocycles. The number of hydrogen-bond acceptors (Lipinski definition) is 4. The number of hydrogen-bond donors (Lipinski definition) is 4. The molecule has 2 rings (SSSR count). The second-order valence-corrected chi connectivity index (χ2v) is 4.71. The maximum absolute atomic E-state index is 11.0. The number of rotatable bonds is 4. The highest BCUT2D eigenvalue weighted by molar-refractivity contribution is 5.89. The molecule has 0 saturated carbocycles. The van der Waals surface area contributed by atoms with Gasteiger partial charge in [-0.2, -0.15) is 0 Å². The third kappa shape index (κ3) is 3.50. The Bertz CT molecular complexity index is 664. The van der Waals surface area contributed by atoms with E-state index in [1.807, 2.05) is 0 Å². The predicted octanol–water partition coefficient (Wildman–Crippen LogP) is 1.84. The second-order valence-electron chi connectivity index (χ2n) is 4.71. The van der Waals surface area contributed by atoms with Crippen LogP contribution < -0.4 is 11.5 Å². The van der Waals surface area contributed by atoms with Gasteiger partial charge < -0.3 is 21.7 Å². The molecular weight excluding hydrogens is 272 g/mol. The lowest BCUT2D eigenvalue weighted by Crippen LogP contribution is -2.03. The number of nitrogens with two attached hydrogens (primary N) is 2. The van der Waals surface area contributed by atoms with Crippen LogP contribution in [-0.2, 0) is 6.42 Å². The molecule has 0 radical (unpaired) electrons. The standard InChI is InChI=1S/C15H14N2O4/c16-12-4-8(2-10(6-12)14(18)19)1-9-3-11(15(20)21)7-13(17)5-9/h2-7H,1,16-17H2,(H,18,19)(H,20,21). The summed E-state index contributed by atoms with van der Waals surface area (Å²) >= 11 is 0. The lowest BCUT2D eigenvalue weighted by Gasteiger charge is -2.07. The zero-order valence-corrected chi connectivity index (χ0v) is 11.0. The van der Waals surface area contributed by atoms with Crippen LogP contribution in [-0.4, -0.2) is 22.2 Å². The molecule has 6 N–H and O–H groups in total. The van der Waals surface area contributed by atoms with Gasteiger partial charge in [-0.15, -0.1) is 0 Å². The smallest absolute Gasteiger partial charge is 0.335 e. The molecule has 0 spiro atoms. The molecule has 0 bridgehead atoms. The van der Waals surface area contributed by atoms with Crippen molar-refractivity contribution in [3.8, 4) is 0 Å². The largest absolute Gasteiger partial charge is 0.478 e. The maximum Gasteiger partial charge on any atom is 0.335 e. The van der Waals surface area contributed by atoms with Gasteiger partial charge in [0.15, 0.2) is 0 Å². The van der Waals surface area contributed by atoms with Crippen molar-refractivity contribution in [2.75, 3.05) is 11.5 Å². The van der Waals surface area contributed by atoms with E-state index in [0.717, 1.165) is 0 Å². The van der Waals surface area contributed by atoms with Gasteiger partial charge in [-0.05, 0) is 53.9 Å². The van der Waals surface area contributed by atoms with Crippen molar-refractivity contribution in [1.29, 1.82) is 0 Å². The van der Waals surface area contributed by atoms with E-state index in [2.05, 4.69) is 0 Å². The Balaban J connectivity index is 2.38. The number of carboxylic acid groups (broad SMARTS) is 2. The minimum atomic E-state index is -1.07. The number of anilines is 2. The van der Waals surface area contributed by atoms with Crippen molar-refractivity contribution in [3.05, 3.63) is 58.7 Å². The minimum absolute atomic E-state index is 0.0901. The number of benzene rings is 2. The van der Waals surface area contributed by atoms with Crippen LogP contribution in [0.4, 0.5) is 11.4 Å². The van der Waals surface area contributed by atoms with Gasteiger partial charge in [-0.3, -0.25) is 0 Å². The maximum atomic E-state index is 11.0. The van der Waals surface area contributed by atoms with Crippen LogP contribution in [0.1, 0.15) is 31.8 Å². The van der Waals surface area contributed by atoms with Crippen molar-refractivity contribution in [2.24, 2.45) is 0 Å². The first-order valence-corrected chi connectivity index (χ1v) is 6.10. The van der Waals surface area contributed by atoms with Crippen LogP contribution in [0.15, 0.2) is 36.4 Å². The van der Waals surface area contributed by atoms with Crippen LogP contribution in [0.5, 0.6) is 0 Å². The summed E-state index contributed by atoms with van der Waals surface area (Å²) in [5, 5.41) is 18.0. The van der Waals surface area contributed by atoms with Gasteiger partial charge in [0.25, 0.3) is 0 Å². The van der Waals surface area contributed by atoms with E-state index in [1.165, 1.54) is 24.3 Å². The zero-order valence-electron chi connectivity index (χ0n) is 11.0.